The Bertz CT molecular complexity index is 1530. The van der Waals surface area contributed by atoms with Crippen LogP contribution >= 0.6 is 0 Å². The Kier molecular flexibility index (Phi) is 7.57. The first-order valence-corrected chi connectivity index (χ1v) is 14.9. The molecule has 12 heteroatoms. The molecule has 1 aromatic carbocycles. The molecular formula is C31H36F2N6O4. The highest BCUT2D eigenvalue weighted by Crippen LogP contribution is 2.43. The number of aromatic nitrogens is 3. The molecule has 1 fully saturated rings. The van der Waals surface area contributed by atoms with Gasteiger partial charge in [-0.2, -0.15) is 0 Å². The average Bonchev–Trinajstić information content (AvgIpc) is 3.35. The fourth-order valence-electron chi connectivity index (χ4n) is 6.79. The van der Waals surface area contributed by atoms with E-state index in [0.29, 0.717) is 75.5 Å². The average molecular weight is 595 g/mol. The number of fused-ring (bicyclic) bond motifs is 3. The van der Waals surface area contributed by atoms with Crippen LogP contribution in [0.2, 0.25) is 0 Å². The molecule has 0 aliphatic carbocycles. The highest BCUT2D eigenvalue weighted by Gasteiger charge is 2.46. The molecule has 3 amide bonds. The summed E-state index contributed by atoms with van der Waals surface area (Å²) < 4.78 is 36.8. The van der Waals surface area contributed by atoms with Crippen molar-refractivity contribution in [2.45, 2.75) is 82.1 Å². The molecule has 3 aliphatic heterocycles. The Morgan fingerprint density at radius 3 is 2.67 bits per heavy atom. The molecule has 0 radical (unpaired) electrons. The van der Waals surface area contributed by atoms with Gasteiger partial charge in [-0.15, -0.1) is 0 Å². The second-order valence-electron chi connectivity index (χ2n) is 11.7. The number of nitrogens with zero attached hydrogens (tertiary/aromatic N) is 4. The minimum atomic E-state index is -1.16. The number of aliphatic hydroxyl groups is 1. The zero-order valence-electron chi connectivity index (χ0n) is 24.3. The summed E-state index contributed by atoms with van der Waals surface area (Å²) in [6.07, 6.45) is 5.31. The van der Waals surface area contributed by atoms with Gasteiger partial charge in [0.25, 0.3) is 0 Å². The normalized spacial score (nSPS) is 21.3. The zero-order chi connectivity index (χ0) is 30.4. The van der Waals surface area contributed by atoms with E-state index >= 15 is 0 Å². The highest BCUT2D eigenvalue weighted by atomic mass is 19.2. The van der Waals surface area contributed by atoms with Gasteiger partial charge >= 0.3 is 12.1 Å². The van der Waals surface area contributed by atoms with Crippen molar-refractivity contribution in [3.8, 4) is 0 Å². The van der Waals surface area contributed by atoms with E-state index in [1.807, 2.05) is 24.5 Å². The van der Waals surface area contributed by atoms with Crippen molar-refractivity contribution in [1.82, 2.24) is 24.8 Å². The second-order valence-corrected chi connectivity index (χ2v) is 11.7. The molecular weight excluding hydrogens is 558 g/mol. The fourth-order valence-corrected chi connectivity index (χ4v) is 6.79. The maximum atomic E-state index is 14.9. The number of nitrogens with one attached hydrogen (secondary N) is 2. The molecule has 0 unspecified atom stereocenters. The number of rotatable bonds is 5. The first-order valence-electron chi connectivity index (χ1n) is 14.9. The Morgan fingerprint density at radius 2 is 1.93 bits per heavy atom. The van der Waals surface area contributed by atoms with E-state index in [2.05, 4.69) is 20.6 Å². The molecule has 2 atom stereocenters. The SMILES string of the molecule is CCC(O)(CC)c1cnc2n1C[C@H](c1cccc(F)c1F)CC[C@H]2NC(=O)N1CCC2(CC1)OC(=O)Nc1ncccc12. The van der Waals surface area contributed by atoms with Gasteiger partial charge in [0, 0.05) is 50.2 Å². The van der Waals surface area contributed by atoms with E-state index in [-0.39, 0.29) is 17.5 Å². The van der Waals surface area contributed by atoms with Crippen LogP contribution in [0.5, 0.6) is 0 Å². The number of anilines is 1. The number of halogens is 2. The number of pyridine rings is 1. The molecule has 1 saturated heterocycles. The van der Waals surface area contributed by atoms with Crippen molar-refractivity contribution in [1.29, 1.82) is 0 Å². The molecule has 228 valence electrons. The van der Waals surface area contributed by atoms with Crippen molar-refractivity contribution in [3.05, 3.63) is 77.0 Å². The highest BCUT2D eigenvalue weighted by molar-refractivity contribution is 5.87. The minimum absolute atomic E-state index is 0.265. The molecule has 2 aromatic heterocycles. The molecule has 3 aliphatic rings. The smallest absolute Gasteiger partial charge is 0.413 e. The van der Waals surface area contributed by atoms with E-state index in [1.165, 1.54) is 6.07 Å². The number of urea groups is 1. The number of imidazole rings is 1. The van der Waals surface area contributed by atoms with Gasteiger partial charge in [0.2, 0.25) is 0 Å². The number of amides is 3. The first-order chi connectivity index (χ1) is 20.7. The van der Waals surface area contributed by atoms with E-state index in [4.69, 9.17) is 4.74 Å². The van der Waals surface area contributed by atoms with Gasteiger partial charge in [0.1, 0.15) is 22.8 Å². The summed E-state index contributed by atoms with van der Waals surface area (Å²) in [4.78, 5) is 36.5. The number of likely N-dealkylation sites (tertiary alicyclic amines) is 1. The molecule has 5 heterocycles. The van der Waals surface area contributed by atoms with E-state index in [0.717, 1.165) is 11.6 Å². The summed E-state index contributed by atoms with van der Waals surface area (Å²) in [6, 6.07) is 7.06. The molecule has 10 nitrogen and oxygen atoms in total. The van der Waals surface area contributed by atoms with Gasteiger partial charge in [-0.25, -0.2) is 28.3 Å². The number of carbonyl (C=O) groups excluding carboxylic acids is 2. The third-order valence-electron chi connectivity index (χ3n) is 9.44. The van der Waals surface area contributed by atoms with Gasteiger partial charge in [0.05, 0.1) is 17.9 Å². The third-order valence-corrected chi connectivity index (χ3v) is 9.44. The molecule has 0 saturated carbocycles. The van der Waals surface area contributed by atoms with Crippen molar-refractivity contribution in [3.63, 3.8) is 0 Å². The molecule has 6 rings (SSSR count). The van der Waals surface area contributed by atoms with Crippen LogP contribution in [-0.4, -0.2) is 49.8 Å². The molecule has 3 N–H and O–H groups in total. The lowest BCUT2D eigenvalue weighted by molar-refractivity contribution is -0.0308. The van der Waals surface area contributed by atoms with Crippen LogP contribution in [0.25, 0.3) is 0 Å². The summed E-state index contributed by atoms with van der Waals surface area (Å²) in [5.74, 6) is -1.13. The largest absolute Gasteiger partial charge is 0.437 e. The molecule has 43 heavy (non-hydrogen) atoms. The Labute approximate surface area is 248 Å². The molecule has 1 spiro atoms. The van der Waals surface area contributed by atoms with Crippen molar-refractivity contribution in [2.75, 3.05) is 18.4 Å². The number of carbonyl (C=O) groups is 2. The first kappa shape index (κ1) is 29.0. The summed E-state index contributed by atoms with van der Waals surface area (Å²) in [6.45, 7) is 4.77. The van der Waals surface area contributed by atoms with Crippen molar-refractivity contribution >= 4 is 17.9 Å². The third kappa shape index (κ3) is 5.11. The zero-order valence-corrected chi connectivity index (χ0v) is 24.3. The molecule has 0 bridgehead atoms. The van der Waals surface area contributed by atoms with Crippen LogP contribution in [0.4, 0.5) is 24.2 Å². The number of ether oxygens (including phenoxy) is 1. The summed E-state index contributed by atoms with van der Waals surface area (Å²) in [5, 5.41) is 17.2. The monoisotopic (exact) mass is 594 g/mol. The fraction of sp³-hybridized carbons (Fsp3) is 0.484. The maximum absolute atomic E-state index is 14.9. The van der Waals surface area contributed by atoms with Crippen LogP contribution in [-0.2, 0) is 22.5 Å². The van der Waals surface area contributed by atoms with E-state index in [9.17, 15) is 23.5 Å². The standard InChI is InChI=1S/C31H36F2N6O4/c1-3-30(42,4-2)24-17-35-27-23(11-10-19(18-39(24)27)20-7-5-9-22(32)25(20)33)36-28(40)38-15-12-31(13-16-38)21-8-6-14-34-26(21)37-29(41)43-31/h5-9,14,17,19,23,42H,3-4,10-13,15-16,18H2,1-2H3,(H,36,40)(H,34,37,41)/t19-,23-/m1/s1. The van der Waals surface area contributed by atoms with Crippen LogP contribution in [0.3, 0.4) is 0 Å². The molecule has 3 aromatic rings. The van der Waals surface area contributed by atoms with Crippen LogP contribution in [0.15, 0.2) is 42.7 Å². The number of hydrogen-bond donors (Lipinski definition) is 3. The summed E-state index contributed by atoms with van der Waals surface area (Å²) >= 11 is 0. The second kappa shape index (κ2) is 11.2. The van der Waals surface area contributed by atoms with Crippen LogP contribution in [0, 0.1) is 11.6 Å². The summed E-state index contributed by atoms with van der Waals surface area (Å²) in [7, 11) is 0. The van der Waals surface area contributed by atoms with Gasteiger partial charge in [-0.1, -0.05) is 26.0 Å². The predicted octanol–water partition coefficient (Wildman–Crippen LogP) is 5.45. The minimum Gasteiger partial charge on any atom is -0.437 e. The van der Waals surface area contributed by atoms with E-state index < -0.39 is 35.0 Å². The number of benzene rings is 1. The van der Waals surface area contributed by atoms with Crippen LogP contribution in [0.1, 0.15) is 87.0 Å². The quantitative estimate of drug-likeness (QED) is 0.362. The maximum Gasteiger partial charge on any atom is 0.413 e. The van der Waals surface area contributed by atoms with Crippen molar-refractivity contribution < 1.29 is 28.2 Å². The van der Waals surface area contributed by atoms with Gasteiger partial charge in [-0.3, -0.25) is 5.32 Å². The Morgan fingerprint density at radius 1 is 1.16 bits per heavy atom. The Hall–Kier alpha value is -4.06. The van der Waals surface area contributed by atoms with Gasteiger partial charge in [-0.05, 0) is 49.4 Å². The lowest BCUT2D eigenvalue weighted by atomic mass is 9.83. The van der Waals surface area contributed by atoms with Crippen LogP contribution < -0.4 is 10.6 Å². The predicted molar refractivity (Wildman–Crippen MR) is 153 cm³/mol. The number of piperidine rings is 1. The topological polar surface area (TPSA) is 122 Å². The summed E-state index contributed by atoms with van der Waals surface area (Å²) in [5.41, 5.74) is -0.364. The van der Waals surface area contributed by atoms with E-state index in [1.54, 1.807) is 29.4 Å². The van der Waals surface area contributed by atoms with Gasteiger partial charge in [0.15, 0.2) is 11.6 Å². The lowest BCUT2D eigenvalue weighted by Crippen LogP contribution is -2.52. The van der Waals surface area contributed by atoms with Crippen molar-refractivity contribution in [2.24, 2.45) is 0 Å². The van der Waals surface area contributed by atoms with Gasteiger partial charge < -0.3 is 24.6 Å². The Balaban J connectivity index is 1.24. The lowest BCUT2D eigenvalue weighted by Gasteiger charge is -2.43. The number of hydrogen-bond acceptors (Lipinski definition) is 6.